The number of aromatic nitrogens is 2. The third-order valence-corrected chi connectivity index (χ3v) is 3.15. The van der Waals surface area contributed by atoms with E-state index in [1.165, 1.54) is 0 Å². The lowest BCUT2D eigenvalue weighted by atomic mass is 10.1. The monoisotopic (exact) mass is 259 g/mol. The summed E-state index contributed by atoms with van der Waals surface area (Å²) in [5.74, 6) is 2.59. The summed E-state index contributed by atoms with van der Waals surface area (Å²) in [6.45, 7) is 4.91. The number of hydrogen-bond donors (Lipinski definition) is 1. The predicted octanol–water partition coefficient (Wildman–Crippen LogP) is 3.02. The van der Waals surface area contributed by atoms with Gasteiger partial charge in [0.05, 0.1) is 6.61 Å². The molecule has 1 aromatic carbocycles. The first-order valence-electron chi connectivity index (χ1n) is 6.71. The zero-order valence-corrected chi connectivity index (χ0v) is 11.8. The Morgan fingerprint density at radius 2 is 1.89 bits per heavy atom. The van der Waals surface area contributed by atoms with Crippen LogP contribution < -0.4 is 10.5 Å². The molecule has 0 unspecified atom stereocenters. The minimum Gasteiger partial charge on any atom is -0.494 e. The predicted molar refractivity (Wildman–Crippen MR) is 78.2 cm³/mol. The van der Waals surface area contributed by atoms with E-state index >= 15 is 0 Å². The molecule has 2 aromatic rings. The fourth-order valence-electron chi connectivity index (χ4n) is 2.02. The Morgan fingerprint density at radius 3 is 2.42 bits per heavy atom. The van der Waals surface area contributed by atoms with Gasteiger partial charge < -0.3 is 15.0 Å². The Bertz CT molecular complexity index is 543. The van der Waals surface area contributed by atoms with Crippen LogP contribution in [0.2, 0.25) is 0 Å². The summed E-state index contributed by atoms with van der Waals surface area (Å²) >= 11 is 0. The molecule has 19 heavy (non-hydrogen) atoms. The zero-order valence-electron chi connectivity index (χ0n) is 11.8. The van der Waals surface area contributed by atoms with Crippen LogP contribution in [0.5, 0.6) is 5.75 Å². The summed E-state index contributed by atoms with van der Waals surface area (Å²) in [4.78, 5) is 4.59. The van der Waals surface area contributed by atoms with Gasteiger partial charge in [0.15, 0.2) is 0 Å². The first-order valence-corrected chi connectivity index (χ1v) is 6.71. The third-order valence-electron chi connectivity index (χ3n) is 3.15. The maximum Gasteiger partial charge on any atom is 0.131 e. The van der Waals surface area contributed by atoms with Crippen LogP contribution in [0.25, 0.3) is 11.3 Å². The van der Waals surface area contributed by atoms with Gasteiger partial charge in [-0.3, -0.25) is 0 Å². The van der Waals surface area contributed by atoms with E-state index in [0.717, 1.165) is 42.3 Å². The van der Waals surface area contributed by atoms with Crippen LogP contribution in [-0.4, -0.2) is 16.2 Å². The summed E-state index contributed by atoms with van der Waals surface area (Å²) in [5, 5.41) is 0. The Labute approximate surface area is 114 Å². The summed E-state index contributed by atoms with van der Waals surface area (Å²) in [6, 6.07) is 7.93. The van der Waals surface area contributed by atoms with Crippen molar-refractivity contribution in [3.05, 3.63) is 30.1 Å². The normalized spacial score (nSPS) is 10.7. The summed E-state index contributed by atoms with van der Waals surface area (Å²) < 4.78 is 7.51. The average molecular weight is 259 g/mol. The third kappa shape index (κ3) is 2.72. The highest BCUT2D eigenvalue weighted by molar-refractivity contribution is 5.71. The molecule has 0 aliphatic heterocycles. The highest BCUT2D eigenvalue weighted by atomic mass is 16.5. The van der Waals surface area contributed by atoms with Crippen molar-refractivity contribution in [3.8, 4) is 17.0 Å². The van der Waals surface area contributed by atoms with Gasteiger partial charge in [0.2, 0.25) is 0 Å². The van der Waals surface area contributed by atoms with E-state index in [0.29, 0.717) is 5.82 Å². The lowest BCUT2D eigenvalue weighted by Gasteiger charge is -2.05. The Balaban J connectivity index is 2.27. The molecule has 4 heteroatoms. The number of ether oxygens (including phenoxy) is 1. The molecule has 0 spiro atoms. The van der Waals surface area contributed by atoms with Crippen LogP contribution in [0.4, 0.5) is 5.82 Å². The summed E-state index contributed by atoms with van der Waals surface area (Å²) in [7, 11) is 1.95. The molecule has 0 atom stereocenters. The van der Waals surface area contributed by atoms with Gasteiger partial charge in [0.25, 0.3) is 0 Å². The number of imidazole rings is 1. The lowest BCUT2D eigenvalue weighted by molar-refractivity contribution is 0.317. The molecular weight excluding hydrogens is 238 g/mol. The van der Waals surface area contributed by atoms with Crippen LogP contribution in [-0.2, 0) is 13.5 Å². The van der Waals surface area contributed by atoms with Gasteiger partial charge in [0, 0.05) is 19.0 Å². The standard InChI is InChI=1S/C15H21N3O/c1-4-10-19-12-8-6-11(7-9-12)14-15(16)18(3)13(5-2)17-14/h6-9H,4-5,10,16H2,1-3H3. The molecule has 0 saturated carbocycles. The van der Waals surface area contributed by atoms with Crippen LogP contribution in [0.1, 0.15) is 26.1 Å². The highest BCUT2D eigenvalue weighted by Crippen LogP contribution is 2.27. The molecule has 0 aliphatic carbocycles. The van der Waals surface area contributed by atoms with Crippen LogP contribution >= 0.6 is 0 Å². The number of aryl methyl sites for hydroxylation is 1. The van der Waals surface area contributed by atoms with Crippen molar-refractivity contribution in [1.29, 1.82) is 0 Å². The second-order valence-corrected chi connectivity index (χ2v) is 4.55. The van der Waals surface area contributed by atoms with Gasteiger partial charge in [0.1, 0.15) is 23.1 Å². The van der Waals surface area contributed by atoms with Crippen molar-refractivity contribution < 1.29 is 4.74 Å². The molecule has 0 saturated heterocycles. The molecule has 1 aromatic heterocycles. The molecule has 4 nitrogen and oxygen atoms in total. The number of nitrogens with zero attached hydrogens (tertiary/aromatic N) is 2. The molecule has 1 heterocycles. The second-order valence-electron chi connectivity index (χ2n) is 4.55. The quantitative estimate of drug-likeness (QED) is 0.898. The number of nitrogen functional groups attached to an aromatic ring is 1. The number of nitrogens with two attached hydrogens (primary N) is 1. The van der Waals surface area contributed by atoms with Crippen molar-refractivity contribution in [1.82, 2.24) is 9.55 Å². The van der Waals surface area contributed by atoms with Gasteiger partial charge in [-0.1, -0.05) is 13.8 Å². The molecule has 102 valence electrons. The summed E-state index contributed by atoms with van der Waals surface area (Å²) in [5.41, 5.74) is 7.97. The topological polar surface area (TPSA) is 53.1 Å². The van der Waals surface area contributed by atoms with Crippen molar-refractivity contribution in [2.24, 2.45) is 7.05 Å². The van der Waals surface area contributed by atoms with Gasteiger partial charge >= 0.3 is 0 Å². The van der Waals surface area contributed by atoms with Crippen LogP contribution in [0.3, 0.4) is 0 Å². The molecule has 0 aliphatic rings. The second kappa shape index (κ2) is 5.78. The van der Waals surface area contributed by atoms with Crippen LogP contribution in [0, 0.1) is 0 Å². The molecule has 0 amide bonds. The van der Waals surface area contributed by atoms with Crippen molar-refractivity contribution >= 4 is 5.82 Å². The summed E-state index contributed by atoms with van der Waals surface area (Å²) in [6.07, 6.45) is 1.88. The van der Waals surface area contributed by atoms with Crippen molar-refractivity contribution in [3.63, 3.8) is 0 Å². The Kier molecular flexibility index (Phi) is 4.10. The van der Waals surface area contributed by atoms with E-state index in [1.54, 1.807) is 0 Å². The van der Waals surface area contributed by atoms with E-state index in [4.69, 9.17) is 10.5 Å². The van der Waals surface area contributed by atoms with Crippen molar-refractivity contribution in [2.75, 3.05) is 12.3 Å². The van der Waals surface area contributed by atoms with E-state index in [1.807, 2.05) is 35.9 Å². The number of hydrogen-bond acceptors (Lipinski definition) is 3. The first kappa shape index (κ1) is 13.5. The fraction of sp³-hybridized carbons (Fsp3) is 0.400. The fourth-order valence-corrected chi connectivity index (χ4v) is 2.02. The van der Waals surface area contributed by atoms with E-state index in [9.17, 15) is 0 Å². The smallest absolute Gasteiger partial charge is 0.131 e. The molecular formula is C15H21N3O. The van der Waals surface area contributed by atoms with E-state index in [2.05, 4.69) is 18.8 Å². The molecule has 0 fully saturated rings. The largest absolute Gasteiger partial charge is 0.494 e. The SMILES string of the molecule is CCCOc1ccc(-c2nc(CC)n(C)c2N)cc1. The molecule has 2 rings (SSSR count). The number of anilines is 1. The number of rotatable bonds is 5. The van der Waals surface area contributed by atoms with Gasteiger partial charge in [-0.2, -0.15) is 0 Å². The Morgan fingerprint density at radius 1 is 1.21 bits per heavy atom. The van der Waals surface area contributed by atoms with Gasteiger partial charge in [-0.25, -0.2) is 4.98 Å². The molecule has 0 bridgehead atoms. The first-order chi connectivity index (χ1) is 9.17. The Hall–Kier alpha value is -1.97. The average Bonchev–Trinajstić information content (AvgIpc) is 2.73. The highest BCUT2D eigenvalue weighted by Gasteiger charge is 2.12. The molecule has 2 N–H and O–H groups in total. The minimum absolute atomic E-state index is 0.707. The lowest BCUT2D eigenvalue weighted by Crippen LogP contribution is -2.00. The van der Waals surface area contributed by atoms with Gasteiger partial charge in [-0.15, -0.1) is 0 Å². The van der Waals surface area contributed by atoms with E-state index in [-0.39, 0.29) is 0 Å². The zero-order chi connectivity index (χ0) is 13.8. The van der Waals surface area contributed by atoms with Crippen molar-refractivity contribution in [2.45, 2.75) is 26.7 Å². The van der Waals surface area contributed by atoms with E-state index < -0.39 is 0 Å². The maximum absolute atomic E-state index is 6.10. The number of benzene rings is 1. The van der Waals surface area contributed by atoms with Gasteiger partial charge in [-0.05, 0) is 30.7 Å². The minimum atomic E-state index is 0.707. The molecule has 0 radical (unpaired) electrons. The van der Waals surface area contributed by atoms with Crippen LogP contribution in [0.15, 0.2) is 24.3 Å². The maximum atomic E-state index is 6.10.